The minimum atomic E-state index is -0.519. The Morgan fingerprint density at radius 1 is 1.47 bits per heavy atom. The van der Waals surface area contributed by atoms with E-state index in [0.717, 1.165) is 19.3 Å². The second-order valence-corrected chi connectivity index (χ2v) is 6.06. The molecule has 4 heteroatoms. The molecule has 17 heavy (non-hydrogen) atoms. The Labute approximate surface area is 109 Å². The van der Waals surface area contributed by atoms with Crippen molar-refractivity contribution in [3.05, 3.63) is 33.8 Å². The summed E-state index contributed by atoms with van der Waals surface area (Å²) < 4.78 is 27.8. The summed E-state index contributed by atoms with van der Waals surface area (Å²) in [5, 5.41) is 0. The monoisotopic (exact) mass is 303 g/mol. The van der Waals surface area contributed by atoms with Crippen molar-refractivity contribution in [1.82, 2.24) is 0 Å². The smallest absolute Gasteiger partial charge is 0.143 e. The highest BCUT2D eigenvalue weighted by atomic mass is 79.9. The van der Waals surface area contributed by atoms with E-state index in [1.165, 1.54) is 12.1 Å². The average molecular weight is 304 g/mol. The van der Waals surface area contributed by atoms with E-state index in [1.54, 1.807) is 0 Å². The lowest BCUT2D eigenvalue weighted by Gasteiger charge is -2.24. The van der Waals surface area contributed by atoms with E-state index in [-0.39, 0.29) is 12.0 Å². The predicted octanol–water partition coefficient (Wildman–Crippen LogP) is 3.79. The summed E-state index contributed by atoms with van der Waals surface area (Å²) in [6, 6.07) is 2.67. The molecule has 0 radical (unpaired) electrons. The third-order valence-corrected chi connectivity index (χ3v) is 4.17. The van der Waals surface area contributed by atoms with Crippen LogP contribution in [-0.4, -0.2) is 5.54 Å². The van der Waals surface area contributed by atoms with Crippen LogP contribution in [0.2, 0.25) is 0 Å². The quantitative estimate of drug-likeness (QED) is 0.827. The fourth-order valence-corrected chi connectivity index (χ4v) is 3.05. The van der Waals surface area contributed by atoms with Crippen LogP contribution in [0.1, 0.15) is 31.7 Å². The summed E-state index contributed by atoms with van der Waals surface area (Å²) in [6.07, 6.45) is 2.97. The van der Waals surface area contributed by atoms with Gasteiger partial charge >= 0.3 is 0 Å². The molecule has 0 bridgehead atoms. The van der Waals surface area contributed by atoms with Gasteiger partial charge in [-0.1, -0.05) is 6.92 Å². The standard InChI is InChI=1S/C13H16BrF2N/c1-8-4-5-13(17,6-8)7-9-11(15)3-2-10(14)12(9)16/h2-3,8H,4-7,17H2,1H3. The zero-order chi connectivity index (χ0) is 12.6. The van der Waals surface area contributed by atoms with Crippen LogP contribution < -0.4 is 5.73 Å². The van der Waals surface area contributed by atoms with Crippen LogP contribution in [0.25, 0.3) is 0 Å². The molecule has 1 nitrogen and oxygen atoms in total. The summed E-state index contributed by atoms with van der Waals surface area (Å²) in [7, 11) is 0. The summed E-state index contributed by atoms with van der Waals surface area (Å²) in [6.45, 7) is 2.13. The zero-order valence-corrected chi connectivity index (χ0v) is 11.4. The maximum Gasteiger partial charge on any atom is 0.143 e. The Morgan fingerprint density at radius 2 is 2.18 bits per heavy atom. The highest BCUT2D eigenvalue weighted by Crippen LogP contribution is 2.36. The zero-order valence-electron chi connectivity index (χ0n) is 9.77. The van der Waals surface area contributed by atoms with Gasteiger partial charge in [-0.15, -0.1) is 0 Å². The first-order valence-corrected chi connectivity index (χ1v) is 6.62. The average Bonchev–Trinajstić information content (AvgIpc) is 2.60. The van der Waals surface area contributed by atoms with Gasteiger partial charge in [-0.05, 0) is 59.7 Å². The molecular weight excluding hydrogens is 288 g/mol. The minimum Gasteiger partial charge on any atom is -0.325 e. The molecule has 1 saturated carbocycles. The van der Waals surface area contributed by atoms with E-state index in [9.17, 15) is 8.78 Å². The van der Waals surface area contributed by atoms with E-state index in [1.807, 2.05) is 0 Å². The normalized spacial score (nSPS) is 28.6. The van der Waals surface area contributed by atoms with Gasteiger partial charge in [0.1, 0.15) is 11.6 Å². The minimum absolute atomic E-state index is 0.107. The Hall–Kier alpha value is -0.480. The van der Waals surface area contributed by atoms with Crippen molar-refractivity contribution in [3.8, 4) is 0 Å². The SMILES string of the molecule is CC1CCC(N)(Cc2c(F)ccc(Br)c2F)C1. The molecule has 2 unspecified atom stereocenters. The second-order valence-electron chi connectivity index (χ2n) is 5.21. The number of halogens is 3. The van der Waals surface area contributed by atoms with Crippen molar-refractivity contribution in [2.24, 2.45) is 11.7 Å². The topological polar surface area (TPSA) is 26.0 Å². The van der Waals surface area contributed by atoms with Crippen molar-refractivity contribution in [2.75, 3.05) is 0 Å². The van der Waals surface area contributed by atoms with Gasteiger partial charge < -0.3 is 5.73 Å². The fourth-order valence-electron chi connectivity index (χ4n) is 2.68. The number of rotatable bonds is 2. The van der Waals surface area contributed by atoms with Gasteiger partial charge in [0.05, 0.1) is 4.47 Å². The van der Waals surface area contributed by atoms with Crippen molar-refractivity contribution < 1.29 is 8.78 Å². The van der Waals surface area contributed by atoms with Crippen LogP contribution >= 0.6 is 15.9 Å². The first-order valence-electron chi connectivity index (χ1n) is 5.82. The first-order chi connectivity index (χ1) is 7.91. The lowest BCUT2D eigenvalue weighted by molar-refractivity contribution is 0.401. The number of hydrogen-bond acceptors (Lipinski definition) is 1. The van der Waals surface area contributed by atoms with Gasteiger partial charge in [-0.25, -0.2) is 8.78 Å². The molecule has 0 heterocycles. The Kier molecular flexibility index (Phi) is 3.55. The van der Waals surface area contributed by atoms with Crippen molar-refractivity contribution in [1.29, 1.82) is 0 Å². The number of nitrogens with two attached hydrogens (primary N) is 1. The lowest BCUT2D eigenvalue weighted by Crippen LogP contribution is -2.39. The fraction of sp³-hybridized carbons (Fsp3) is 0.538. The molecule has 0 aromatic heterocycles. The maximum atomic E-state index is 13.8. The van der Waals surface area contributed by atoms with Gasteiger partial charge in [0.15, 0.2) is 0 Å². The van der Waals surface area contributed by atoms with Gasteiger partial charge in [0.25, 0.3) is 0 Å². The third kappa shape index (κ3) is 2.68. The Morgan fingerprint density at radius 3 is 2.76 bits per heavy atom. The Bertz CT molecular complexity index is 436. The molecule has 0 spiro atoms. The van der Waals surface area contributed by atoms with Crippen molar-refractivity contribution >= 4 is 15.9 Å². The van der Waals surface area contributed by atoms with E-state index < -0.39 is 17.2 Å². The number of hydrogen-bond donors (Lipinski definition) is 1. The molecule has 0 aliphatic heterocycles. The Balaban J connectivity index is 2.27. The predicted molar refractivity (Wildman–Crippen MR) is 67.7 cm³/mol. The maximum absolute atomic E-state index is 13.8. The molecule has 1 aliphatic carbocycles. The van der Waals surface area contributed by atoms with E-state index in [4.69, 9.17) is 5.73 Å². The first kappa shape index (κ1) is 13.0. The van der Waals surface area contributed by atoms with Gasteiger partial charge in [0.2, 0.25) is 0 Å². The van der Waals surface area contributed by atoms with Crippen LogP contribution in [0.3, 0.4) is 0 Å². The lowest BCUT2D eigenvalue weighted by atomic mass is 9.89. The van der Waals surface area contributed by atoms with Crippen LogP contribution in [0.5, 0.6) is 0 Å². The van der Waals surface area contributed by atoms with Gasteiger partial charge in [0, 0.05) is 11.1 Å². The molecule has 2 N–H and O–H groups in total. The summed E-state index contributed by atoms with van der Waals surface area (Å²) >= 11 is 3.08. The van der Waals surface area contributed by atoms with Crippen LogP contribution in [0.4, 0.5) is 8.78 Å². The molecule has 0 saturated heterocycles. The molecule has 1 aromatic rings. The highest BCUT2D eigenvalue weighted by molar-refractivity contribution is 9.10. The molecule has 2 rings (SSSR count). The van der Waals surface area contributed by atoms with Gasteiger partial charge in [-0.2, -0.15) is 0 Å². The molecule has 1 aromatic carbocycles. The largest absolute Gasteiger partial charge is 0.325 e. The molecule has 1 fully saturated rings. The molecule has 94 valence electrons. The second kappa shape index (κ2) is 4.65. The van der Waals surface area contributed by atoms with Crippen molar-refractivity contribution in [3.63, 3.8) is 0 Å². The molecule has 2 atom stereocenters. The molecule has 1 aliphatic rings. The summed E-state index contributed by atoms with van der Waals surface area (Å²) in [5.74, 6) is -0.484. The van der Waals surface area contributed by atoms with E-state index >= 15 is 0 Å². The van der Waals surface area contributed by atoms with E-state index in [0.29, 0.717) is 10.4 Å². The number of benzene rings is 1. The third-order valence-electron chi connectivity index (χ3n) is 3.56. The highest BCUT2D eigenvalue weighted by Gasteiger charge is 2.35. The van der Waals surface area contributed by atoms with E-state index in [2.05, 4.69) is 22.9 Å². The van der Waals surface area contributed by atoms with Crippen LogP contribution in [0, 0.1) is 17.6 Å². The summed E-state index contributed by atoms with van der Waals surface area (Å²) in [5.41, 5.74) is 5.87. The van der Waals surface area contributed by atoms with Crippen LogP contribution in [-0.2, 0) is 6.42 Å². The molecular formula is C13H16BrF2N. The van der Waals surface area contributed by atoms with Gasteiger partial charge in [-0.3, -0.25) is 0 Å². The van der Waals surface area contributed by atoms with Crippen LogP contribution in [0.15, 0.2) is 16.6 Å². The van der Waals surface area contributed by atoms with Crippen molar-refractivity contribution in [2.45, 2.75) is 38.1 Å². The summed E-state index contributed by atoms with van der Waals surface area (Å²) in [4.78, 5) is 0. The molecule has 0 amide bonds.